The van der Waals surface area contributed by atoms with E-state index in [0.717, 1.165) is 12.1 Å². The van der Waals surface area contributed by atoms with Gasteiger partial charge in [-0.3, -0.25) is 0 Å². The normalized spacial score (nSPS) is 13.1. The average Bonchev–Trinajstić information content (AvgIpc) is 2.18. The van der Waals surface area contributed by atoms with E-state index in [1.165, 1.54) is 0 Å². The summed E-state index contributed by atoms with van der Waals surface area (Å²) in [6, 6.07) is 9.81. The van der Waals surface area contributed by atoms with Gasteiger partial charge in [-0.2, -0.15) is 0 Å². The maximum atomic E-state index is 6.05. The lowest BCUT2D eigenvalue weighted by molar-refractivity contribution is 0.0939. The summed E-state index contributed by atoms with van der Waals surface area (Å²) < 4.78 is 5.46. The fourth-order valence-electron chi connectivity index (χ4n) is 1.04. The first kappa shape index (κ1) is 11.5. The Bertz CT molecular complexity index is 251. The molecule has 0 fully saturated rings. The van der Waals surface area contributed by atoms with Gasteiger partial charge in [0.25, 0.3) is 0 Å². The van der Waals surface area contributed by atoms with Gasteiger partial charge in [-0.25, -0.2) is 0 Å². The molecule has 14 heavy (non-hydrogen) atoms. The molecule has 1 aromatic carbocycles. The summed E-state index contributed by atoms with van der Waals surface area (Å²) in [5.74, 6) is 0. The molecule has 78 valence electrons. The van der Waals surface area contributed by atoms with Crippen LogP contribution in [0.15, 0.2) is 30.3 Å². The number of halogens is 1. The molecule has 1 aromatic rings. The molecule has 0 N–H and O–H groups in total. The van der Waals surface area contributed by atoms with Gasteiger partial charge in [0.1, 0.15) is 0 Å². The van der Waals surface area contributed by atoms with Crippen molar-refractivity contribution in [2.24, 2.45) is 0 Å². The molecule has 0 saturated carbocycles. The lowest BCUT2D eigenvalue weighted by atomic mass is 10.2. The van der Waals surface area contributed by atoms with E-state index in [0.29, 0.717) is 6.61 Å². The number of benzene rings is 1. The Kier molecular flexibility index (Phi) is 4.94. The molecule has 0 saturated heterocycles. The highest BCUT2D eigenvalue weighted by atomic mass is 35.5. The van der Waals surface area contributed by atoms with Crippen molar-refractivity contribution in [2.45, 2.75) is 5.56 Å². The molecule has 3 heteroatoms. The minimum atomic E-state index is -0.337. The van der Waals surface area contributed by atoms with Gasteiger partial charge < -0.3 is 9.64 Å². The maximum absolute atomic E-state index is 6.05. The Hall–Kier alpha value is -0.570. The highest BCUT2D eigenvalue weighted by molar-refractivity contribution is 6.19. The summed E-state index contributed by atoms with van der Waals surface area (Å²) in [7, 11) is 4.02. The van der Waals surface area contributed by atoms with E-state index in [4.69, 9.17) is 16.3 Å². The van der Waals surface area contributed by atoms with Gasteiger partial charge in [-0.1, -0.05) is 41.9 Å². The third-order valence-electron chi connectivity index (χ3n) is 1.86. The maximum Gasteiger partial charge on any atom is 0.156 e. The summed E-state index contributed by atoms with van der Waals surface area (Å²) in [6.45, 7) is 1.53. The van der Waals surface area contributed by atoms with Crippen LogP contribution in [0, 0.1) is 0 Å². The molecule has 0 amide bonds. The zero-order valence-electron chi connectivity index (χ0n) is 8.61. The van der Waals surface area contributed by atoms with Gasteiger partial charge in [-0.15, -0.1) is 0 Å². The first-order chi connectivity index (χ1) is 6.70. The lowest BCUT2D eigenvalue weighted by Gasteiger charge is -2.13. The third-order valence-corrected chi connectivity index (χ3v) is 2.24. The van der Waals surface area contributed by atoms with Crippen molar-refractivity contribution < 1.29 is 4.74 Å². The van der Waals surface area contributed by atoms with E-state index >= 15 is 0 Å². The van der Waals surface area contributed by atoms with E-state index in [1.54, 1.807) is 0 Å². The predicted octanol–water partition coefficient (Wildman–Crippen LogP) is 2.50. The first-order valence-electron chi connectivity index (χ1n) is 4.65. The van der Waals surface area contributed by atoms with E-state index in [1.807, 2.05) is 44.4 Å². The van der Waals surface area contributed by atoms with Crippen LogP contribution in [0.5, 0.6) is 0 Å². The number of hydrogen-bond donors (Lipinski definition) is 0. The second-order valence-electron chi connectivity index (χ2n) is 3.40. The summed E-state index contributed by atoms with van der Waals surface area (Å²) in [6.07, 6.45) is 0. The van der Waals surface area contributed by atoms with Crippen LogP contribution in [0.1, 0.15) is 11.1 Å². The minimum absolute atomic E-state index is 0.337. The van der Waals surface area contributed by atoms with Gasteiger partial charge in [0.05, 0.1) is 6.61 Å². The van der Waals surface area contributed by atoms with Gasteiger partial charge in [0.2, 0.25) is 0 Å². The van der Waals surface area contributed by atoms with Gasteiger partial charge in [0, 0.05) is 6.54 Å². The zero-order valence-corrected chi connectivity index (χ0v) is 9.37. The average molecular weight is 214 g/mol. The zero-order chi connectivity index (χ0) is 10.4. The second kappa shape index (κ2) is 6.02. The predicted molar refractivity (Wildman–Crippen MR) is 59.5 cm³/mol. The van der Waals surface area contributed by atoms with E-state index in [-0.39, 0.29) is 5.56 Å². The fourth-order valence-corrected chi connectivity index (χ4v) is 1.27. The van der Waals surface area contributed by atoms with Crippen molar-refractivity contribution in [2.75, 3.05) is 27.2 Å². The monoisotopic (exact) mass is 213 g/mol. The lowest BCUT2D eigenvalue weighted by Crippen LogP contribution is -2.18. The minimum Gasteiger partial charge on any atom is -0.357 e. The number of alkyl halides is 1. The highest BCUT2D eigenvalue weighted by Crippen LogP contribution is 2.20. The molecule has 0 radical (unpaired) electrons. The van der Waals surface area contributed by atoms with Crippen LogP contribution in [0.3, 0.4) is 0 Å². The van der Waals surface area contributed by atoms with Crippen molar-refractivity contribution >= 4 is 11.6 Å². The third kappa shape index (κ3) is 4.09. The molecule has 0 aliphatic heterocycles. The summed E-state index contributed by atoms with van der Waals surface area (Å²) in [4.78, 5) is 2.06. The summed E-state index contributed by atoms with van der Waals surface area (Å²) in [5.41, 5.74) is 0.670. The molecular weight excluding hydrogens is 198 g/mol. The van der Waals surface area contributed by atoms with Gasteiger partial charge in [0.15, 0.2) is 5.56 Å². The first-order valence-corrected chi connectivity index (χ1v) is 5.09. The van der Waals surface area contributed by atoms with Crippen LogP contribution in [0.2, 0.25) is 0 Å². The van der Waals surface area contributed by atoms with Crippen molar-refractivity contribution in [1.82, 2.24) is 4.90 Å². The van der Waals surface area contributed by atoms with Gasteiger partial charge in [-0.05, 0) is 19.7 Å². The Morgan fingerprint density at radius 2 is 1.93 bits per heavy atom. The van der Waals surface area contributed by atoms with Crippen LogP contribution in [-0.4, -0.2) is 32.1 Å². The quantitative estimate of drug-likeness (QED) is 0.697. The summed E-state index contributed by atoms with van der Waals surface area (Å²) in [5, 5.41) is 0. The van der Waals surface area contributed by atoms with Crippen LogP contribution in [0.25, 0.3) is 0 Å². The standard InChI is InChI=1S/C11H16ClNO/c1-13(2)8-9-14-11(12)10-6-4-3-5-7-10/h3-7,11H,8-9H2,1-2H3. The van der Waals surface area contributed by atoms with Gasteiger partial charge >= 0.3 is 0 Å². The SMILES string of the molecule is CN(C)CCOC(Cl)c1ccccc1. The van der Waals surface area contributed by atoms with E-state index in [9.17, 15) is 0 Å². The number of likely N-dealkylation sites (N-methyl/N-ethyl adjacent to an activating group) is 1. The van der Waals surface area contributed by atoms with Crippen molar-refractivity contribution in [3.05, 3.63) is 35.9 Å². The van der Waals surface area contributed by atoms with E-state index in [2.05, 4.69) is 4.90 Å². The Balaban J connectivity index is 2.32. The number of ether oxygens (including phenoxy) is 1. The molecule has 0 aliphatic carbocycles. The van der Waals surface area contributed by atoms with Crippen molar-refractivity contribution in [1.29, 1.82) is 0 Å². The number of nitrogens with zero attached hydrogens (tertiary/aromatic N) is 1. The number of rotatable bonds is 5. The Morgan fingerprint density at radius 1 is 1.29 bits per heavy atom. The molecule has 0 spiro atoms. The fraction of sp³-hybridized carbons (Fsp3) is 0.455. The number of hydrogen-bond acceptors (Lipinski definition) is 2. The molecule has 1 atom stereocenters. The van der Waals surface area contributed by atoms with E-state index < -0.39 is 0 Å². The topological polar surface area (TPSA) is 12.5 Å². The Morgan fingerprint density at radius 3 is 2.50 bits per heavy atom. The molecule has 2 nitrogen and oxygen atoms in total. The smallest absolute Gasteiger partial charge is 0.156 e. The largest absolute Gasteiger partial charge is 0.357 e. The molecule has 1 unspecified atom stereocenters. The summed E-state index contributed by atoms with van der Waals surface area (Å²) >= 11 is 6.05. The molecule has 0 bridgehead atoms. The van der Waals surface area contributed by atoms with Crippen LogP contribution in [-0.2, 0) is 4.74 Å². The molecule has 1 rings (SSSR count). The molecule has 0 aromatic heterocycles. The van der Waals surface area contributed by atoms with Crippen molar-refractivity contribution in [3.8, 4) is 0 Å². The molecule has 0 heterocycles. The molecular formula is C11H16ClNO. The van der Waals surface area contributed by atoms with Crippen LogP contribution >= 0.6 is 11.6 Å². The van der Waals surface area contributed by atoms with Crippen molar-refractivity contribution in [3.63, 3.8) is 0 Å². The van der Waals surface area contributed by atoms with Crippen LogP contribution in [0.4, 0.5) is 0 Å². The Labute approximate surface area is 90.4 Å². The molecule has 0 aliphatic rings. The second-order valence-corrected chi connectivity index (χ2v) is 3.80. The highest BCUT2D eigenvalue weighted by Gasteiger charge is 2.06. The van der Waals surface area contributed by atoms with Crippen LogP contribution < -0.4 is 0 Å².